The Balaban J connectivity index is 0.000000161. The van der Waals surface area contributed by atoms with E-state index in [9.17, 15) is 9.59 Å². The molecule has 6 aliphatic rings. The number of likely N-dealkylation sites (tertiary alicyclic amines) is 3. The number of carbonyl (C=O) groups is 2. The number of terminal acetylenes is 2. The number of nitrogens with two attached hydrogens (primary N) is 1. The normalized spacial score (nSPS) is 17.1. The average molecular weight is 1620 g/mol. The van der Waals surface area contributed by atoms with Crippen LogP contribution >= 0.6 is 34.8 Å². The molecule has 604 valence electrons. The first-order valence-electron chi connectivity index (χ1n) is 39.9. The van der Waals surface area contributed by atoms with Crippen molar-refractivity contribution >= 4 is 69.0 Å². The lowest BCUT2D eigenvalue weighted by Gasteiger charge is -2.32. The molecule has 6 fully saturated rings. The summed E-state index contributed by atoms with van der Waals surface area (Å²) in [5.74, 6) is 20.1. The number of carbonyl (C=O) groups excluding carboxylic acids is 2. The number of nitrogens with zero attached hydrogens (tertiary/aromatic N) is 19. The topological polar surface area (TPSA) is 237 Å². The second-order valence-electron chi connectivity index (χ2n) is 29.3. The van der Waals surface area contributed by atoms with Gasteiger partial charge < -0.3 is 20.9 Å². The minimum Gasteiger partial charge on any atom is -0.354 e. The van der Waals surface area contributed by atoms with E-state index in [4.69, 9.17) is 63.5 Å². The van der Waals surface area contributed by atoms with Crippen molar-refractivity contribution in [1.29, 1.82) is 0 Å². The van der Waals surface area contributed by atoms with Gasteiger partial charge in [0.1, 0.15) is 57.3 Å². The molecule has 0 aliphatic carbocycles. The van der Waals surface area contributed by atoms with Crippen LogP contribution in [0.3, 0.4) is 0 Å². The molecule has 6 saturated heterocycles. The van der Waals surface area contributed by atoms with Crippen molar-refractivity contribution in [3.8, 4) is 105 Å². The number of hydrogen-bond donors (Lipinski definition) is 2. The summed E-state index contributed by atoms with van der Waals surface area (Å²) in [5, 5.41) is 22.8. The number of nitrogens with one attached hydrogen (secondary N) is 1. The third-order valence-corrected chi connectivity index (χ3v) is 22.2. The lowest BCUT2D eigenvalue weighted by atomic mass is 10.0. The van der Waals surface area contributed by atoms with Gasteiger partial charge in [-0.05, 0) is 180 Å². The highest BCUT2D eigenvalue weighted by molar-refractivity contribution is 6.40. The Morgan fingerprint density at radius 3 is 1.34 bits per heavy atom. The fourth-order valence-electron chi connectivity index (χ4n) is 15.5. The monoisotopic (exact) mass is 1620 g/mol. The van der Waals surface area contributed by atoms with Crippen LogP contribution in [-0.2, 0) is 28.2 Å². The molecule has 0 spiro atoms. The van der Waals surface area contributed by atoms with Crippen LogP contribution in [0.5, 0.6) is 0 Å². The van der Waals surface area contributed by atoms with E-state index in [0.717, 1.165) is 126 Å². The largest absolute Gasteiger partial charge is 0.354 e. The number of benzene rings is 3. The van der Waals surface area contributed by atoms with Crippen LogP contribution in [0.15, 0.2) is 110 Å². The van der Waals surface area contributed by atoms with E-state index < -0.39 is 0 Å². The molecular formula is C90H106Cl3N21O2. The lowest BCUT2D eigenvalue weighted by Crippen LogP contribution is -2.41. The highest BCUT2D eigenvalue weighted by Gasteiger charge is 2.36. The third-order valence-electron chi connectivity index (χ3n) is 21.3. The summed E-state index contributed by atoms with van der Waals surface area (Å²) in [5.41, 5.74) is 17.9. The van der Waals surface area contributed by atoms with Gasteiger partial charge in [-0.3, -0.25) is 38.3 Å². The summed E-state index contributed by atoms with van der Waals surface area (Å²) < 4.78 is 7.19. The van der Waals surface area contributed by atoms with Crippen LogP contribution in [0.4, 0.5) is 11.6 Å². The summed E-state index contributed by atoms with van der Waals surface area (Å²) >= 11 is 18.6. The fraction of sp³-hybridized carbons (Fsp3) is 0.422. The van der Waals surface area contributed by atoms with Crippen molar-refractivity contribution in [1.82, 2.24) is 89.0 Å². The van der Waals surface area contributed by atoms with Gasteiger partial charge in [-0.15, -0.1) is 12.8 Å². The summed E-state index contributed by atoms with van der Waals surface area (Å²) in [4.78, 5) is 65.1. The Bertz CT molecular complexity index is 5190. The van der Waals surface area contributed by atoms with E-state index in [-0.39, 0.29) is 32.6 Å². The van der Waals surface area contributed by atoms with Gasteiger partial charge >= 0.3 is 0 Å². The summed E-state index contributed by atoms with van der Waals surface area (Å²) in [6, 6.07) is 26.5. The van der Waals surface area contributed by atoms with E-state index in [1.807, 2.05) is 106 Å². The molecule has 7 aromatic heterocycles. The first-order chi connectivity index (χ1) is 56.3. The third kappa shape index (κ3) is 22.5. The van der Waals surface area contributed by atoms with Crippen molar-refractivity contribution in [2.75, 3.05) is 94.9 Å². The molecule has 13 heterocycles. The predicted molar refractivity (Wildman–Crippen MR) is 467 cm³/mol. The van der Waals surface area contributed by atoms with E-state index in [0.29, 0.717) is 40.3 Å². The van der Waals surface area contributed by atoms with E-state index >= 15 is 0 Å². The standard InChI is InChI=1S/C26H32N8.C25H29ClN6O.C16H12Cl2N4O.C9H18N2.C7H4.C5H4.C2H7N/c1-18-7-9-19(10-8-18)24-21(15-29-31(24)2)23-22-25(32(3)30-23)27-17-28-26(22)34-14-11-20(16-34)33-12-5-4-6-13-33;1-17-6-8-18(9-7-17)22-20(14-29-30(22)2)23(33)21-24(26)27-16-28-25(21)32-13-10-19(15-32)31-11-4-3-5-12-31;1-9-3-5-10(6-4-9)13-11(7-21-22(13)2)14(23)12-15(17)19-8-20-16(12)18;1-2-6-11(7-3-1)9-4-5-10-8-9;1-3-5-7-6-4-2;1-3-5-4-2;1-2-3/h7-10,15,17,20H,4-6,11-14,16H2,1-3H3;6-9,14,16,19H,3-5,10-13,15H2,1-2H3;3-8H,1-2H3;9-10H,1-8H2;1H,2H3;1H,2H3;2-3H2,1H3/t20-;19-;;9-;;;/m00.0.../s1. The maximum atomic E-state index is 13.8. The SMILES string of the molecule is C#CC#CC.C#CC#CC#CC.C1CCN([C@H]2CCNC2)CC1.CCN.Cc1ccc(-c2c(-c3nn(C)c4ncnc(N5CC[C@H](N6CCCCC6)C5)c34)cnn2C)cc1.Cc1ccc(-c2c(C(=O)c3c(Cl)ncnc3Cl)cnn2C)cc1.Cc1ccc(-c2c(C(=O)c3c(Cl)ncnc3N3CC[C@H](N4CCCCC4)C3)cnn2C)cc1. The van der Waals surface area contributed by atoms with Crippen molar-refractivity contribution in [3.63, 3.8) is 0 Å². The van der Waals surface area contributed by atoms with Gasteiger partial charge in [-0.25, -0.2) is 34.6 Å². The molecule has 3 atom stereocenters. The van der Waals surface area contributed by atoms with Crippen LogP contribution in [0.25, 0.3) is 56.1 Å². The fourth-order valence-corrected chi connectivity index (χ4v) is 16.2. The van der Waals surface area contributed by atoms with E-state index in [1.54, 1.807) is 42.8 Å². The van der Waals surface area contributed by atoms with Gasteiger partial charge in [0.2, 0.25) is 11.6 Å². The Labute approximate surface area is 698 Å². The molecule has 0 unspecified atom stereocenters. The predicted octanol–water partition coefficient (Wildman–Crippen LogP) is 13.8. The van der Waals surface area contributed by atoms with Crippen molar-refractivity contribution in [2.45, 2.75) is 137 Å². The molecule has 23 nitrogen and oxygen atoms in total. The number of halogens is 3. The van der Waals surface area contributed by atoms with Crippen LogP contribution in [-0.4, -0.2) is 198 Å². The first-order valence-corrected chi connectivity index (χ1v) is 41.0. The molecule has 0 radical (unpaired) electrons. The second-order valence-corrected chi connectivity index (χ2v) is 30.4. The van der Waals surface area contributed by atoms with Crippen molar-refractivity contribution in [2.24, 2.45) is 33.9 Å². The second kappa shape index (κ2) is 43.9. The Morgan fingerprint density at radius 2 is 0.888 bits per heavy atom. The number of aromatic nitrogens is 14. The molecule has 0 amide bonds. The zero-order chi connectivity index (χ0) is 82.6. The zero-order valence-electron chi connectivity index (χ0n) is 68.5. The van der Waals surface area contributed by atoms with Crippen LogP contribution in [0.1, 0.15) is 146 Å². The summed E-state index contributed by atoms with van der Waals surface area (Å²) in [6.07, 6.45) is 34.7. The zero-order valence-corrected chi connectivity index (χ0v) is 70.7. The van der Waals surface area contributed by atoms with Gasteiger partial charge in [0, 0.05) is 101 Å². The highest BCUT2D eigenvalue weighted by atomic mass is 35.5. The molecule has 10 aromatic rings. The van der Waals surface area contributed by atoms with Crippen LogP contribution in [0, 0.1) is 81.0 Å². The molecule has 6 aliphatic heterocycles. The number of ketones is 2. The minimum atomic E-state index is -0.357. The highest BCUT2D eigenvalue weighted by Crippen LogP contribution is 2.40. The number of rotatable bonds is 13. The smallest absolute Gasteiger partial charge is 0.203 e. The lowest BCUT2D eigenvalue weighted by molar-refractivity contribution is 0.103. The number of hydrogen-bond acceptors (Lipinski definition) is 19. The number of aryl methyl sites for hydroxylation is 7. The molecule has 3 N–H and O–H groups in total. The van der Waals surface area contributed by atoms with Gasteiger partial charge in [-0.2, -0.15) is 20.4 Å². The summed E-state index contributed by atoms with van der Waals surface area (Å²) in [6.45, 7) is 25.9. The van der Waals surface area contributed by atoms with Gasteiger partial charge in [-0.1, -0.05) is 162 Å². The number of fused-ring (bicyclic) bond motifs is 1. The number of anilines is 2. The molecule has 3 aromatic carbocycles. The molecule has 0 bridgehead atoms. The van der Waals surface area contributed by atoms with E-state index in [2.05, 4.69) is 149 Å². The molecular weight excluding hydrogens is 1510 g/mol. The quantitative estimate of drug-likeness (QED) is 0.0620. The van der Waals surface area contributed by atoms with Crippen molar-refractivity contribution < 1.29 is 9.59 Å². The van der Waals surface area contributed by atoms with Crippen molar-refractivity contribution in [3.05, 3.63) is 165 Å². The number of piperidine rings is 3. The maximum absolute atomic E-state index is 13.8. The van der Waals surface area contributed by atoms with Gasteiger partial charge in [0.05, 0.1) is 57.7 Å². The molecule has 116 heavy (non-hydrogen) atoms. The van der Waals surface area contributed by atoms with Gasteiger partial charge in [0.15, 0.2) is 5.65 Å². The molecule has 26 heteroatoms. The Morgan fingerprint density at radius 1 is 0.483 bits per heavy atom. The molecule has 0 saturated carbocycles. The van der Waals surface area contributed by atoms with Crippen LogP contribution in [0.2, 0.25) is 15.5 Å². The maximum Gasteiger partial charge on any atom is 0.203 e. The van der Waals surface area contributed by atoms with Crippen LogP contribution < -0.4 is 20.9 Å². The first kappa shape index (κ1) is 87.8. The Hall–Kier alpha value is -10.6. The average Bonchev–Trinajstić information content (AvgIpc) is 1.59. The molecule has 16 rings (SSSR count). The summed E-state index contributed by atoms with van der Waals surface area (Å²) in [7, 11) is 7.58. The van der Waals surface area contributed by atoms with E-state index in [1.165, 1.54) is 134 Å². The Kier molecular flexibility index (Phi) is 33.3. The van der Waals surface area contributed by atoms with Gasteiger partial charge in [0.25, 0.3) is 0 Å². The minimum absolute atomic E-state index is 0.0220.